The summed E-state index contributed by atoms with van der Waals surface area (Å²) in [5.74, 6) is 0.380. The Labute approximate surface area is 111 Å². The molecule has 18 heavy (non-hydrogen) atoms. The van der Waals surface area contributed by atoms with E-state index >= 15 is 0 Å². The van der Waals surface area contributed by atoms with E-state index < -0.39 is 0 Å². The molecule has 1 aromatic carbocycles. The normalized spacial score (nSPS) is 24.3. The summed E-state index contributed by atoms with van der Waals surface area (Å²) >= 11 is 1.70. The molecule has 0 radical (unpaired) electrons. The van der Waals surface area contributed by atoms with Crippen molar-refractivity contribution in [2.24, 2.45) is 5.92 Å². The topological polar surface area (TPSA) is 45.1 Å². The van der Waals surface area contributed by atoms with E-state index in [0.717, 1.165) is 23.5 Å². The first-order chi connectivity index (χ1) is 8.86. The third-order valence-electron chi connectivity index (χ3n) is 3.75. The van der Waals surface area contributed by atoms with Gasteiger partial charge in [-0.2, -0.15) is 0 Å². The van der Waals surface area contributed by atoms with E-state index in [2.05, 4.69) is 16.4 Å². The van der Waals surface area contributed by atoms with Crippen LogP contribution in [0.4, 0.5) is 5.13 Å². The molecular formula is C14H18N2OS. The van der Waals surface area contributed by atoms with Gasteiger partial charge in [0.05, 0.1) is 10.2 Å². The van der Waals surface area contributed by atoms with Gasteiger partial charge in [-0.1, -0.05) is 36.3 Å². The molecule has 2 atom stereocenters. The molecule has 2 aromatic rings. The maximum Gasteiger partial charge on any atom is 0.184 e. The summed E-state index contributed by atoms with van der Waals surface area (Å²) in [5, 5.41) is 13.9. The number of aliphatic hydroxyl groups is 1. The molecule has 0 spiro atoms. The fourth-order valence-corrected chi connectivity index (χ4v) is 3.64. The lowest BCUT2D eigenvalue weighted by Gasteiger charge is -2.30. The maximum absolute atomic E-state index is 9.42. The van der Waals surface area contributed by atoms with E-state index in [0.29, 0.717) is 12.0 Å². The van der Waals surface area contributed by atoms with Gasteiger partial charge in [0.15, 0.2) is 5.13 Å². The third-order valence-corrected chi connectivity index (χ3v) is 4.71. The highest BCUT2D eigenvalue weighted by atomic mass is 32.1. The van der Waals surface area contributed by atoms with Crippen molar-refractivity contribution in [3.05, 3.63) is 24.3 Å². The summed E-state index contributed by atoms with van der Waals surface area (Å²) in [6, 6.07) is 8.58. The van der Waals surface area contributed by atoms with E-state index in [-0.39, 0.29) is 6.61 Å². The number of aliphatic hydroxyl groups excluding tert-OH is 1. The van der Waals surface area contributed by atoms with Crippen LogP contribution in [0.5, 0.6) is 0 Å². The van der Waals surface area contributed by atoms with Gasteiger partial charge < -0.3 is 10.4 Å². The van der Waals surface area contributed by atoms with Gasteiger partial charge >= 0.3 is 0 Å². The lowest BCUT2D eigenvalue weighted by atomic mass is 9.85. The first-order valence-corrected chi connectivity index (χ1v) is 7.41. The fourth-order valence-electron chi connectivity index (χ4n) is 2.71. The van der Waals surface area contributed by atoms with E-state index in [1.165, 1.54) is 17.5 Å². The fraction of sp³-hybridized carbons (Fsp3) is 0.500. The summed E-state index contributed by atoms with van der Waals surface area (Å²) < 4.78 is 1.22. The number of fused-ring (bicyclic) bond motifs is 1. The Kier molecular flexibility index (Phi) is 3.48. The Morgan fingerprint density at radius 1 is 1.28 bits per heavy atom. The minimum absolute atomic E-state index is 0.280. The van der Waals surface area contributed by atoms with Gasteiger partial charge in [-0.25, -0.2) is 4.98 Å². The minimum Gasteiger partial charge on any atom is -0.396 e. The zero-order valence-electron chi connectivity index (χ0n) is 10.3. The number of nitrogens with zero attached hydrogens (tertiary/aromatic N) is 1. The molecule has 0 saturated heterocycles. The number of benzene rings is 1. The number of hydrogen-bond acceptors (Lipinski definition) is 4. The van der Waals surface area contributed by atoms with Crippen LogP contribution in [0.25, 0.3) is 10.2 Å². The maximum atomic E-state index is 9.42. The lowest BCUT2D eigenvalue weighted by molar-refractivity contribution is 0.178. The second-order valence-electron chi connectivity index (χ2n) is 4.96. The van der Waals surface area contributed by atoms with Crippen LogP contribution in [0.2, 0.25) is 0 Å². The molecule has 0 bridgehead atoms. The Bertz CT molecular complexity index is 492. The van der Waals surface area contributed by atoms with Crippen LogP contribution in [-0.4, -0.2) is 22.7 Å². The van der Waals surface area contributed by atoms with Crippen LogP contribution in [-0.2, 0) is 0 Å². The molecule has 1 fully saturated rings. The van der Waals surface area contributed by atoms with Crippen molar-refractivity contribution < 1.29 is 5.11 Å². The second kappa shape index (κ2) is 5.24. The molecule has 1 saturated carbocycles. The SMILES string of the molecule is OC[C@H]1CCCC[C@H]1Nc1nc2ccccc2s1. The minimum atomic E-state index is 0.280. The van der Waals surface area contributed by atoms with Gasteiger partial charge in [0, 0.05) is 18.6 Å². The van der Waals surface area contributed by atoms with Crippen molar-refractivity contribution in [2.45, 2.75) is 31.7 Å². The number of nitrogens with one attached hydrogen (secondary N) is 1. The van der Waals surface area contributed by atoms with Crippen LogP contribution in [0.1, 0.15) is 25.7 Å². The van der Waals surface area contributed by atoms with E-state index in [9.17, 15) is 5.11 Å². The van der Waals surface area contributed by atoms with Gasteiger partial charge in [-0.3, -0.25) is 0 Å². The van der Waals surface area contributed by atoms with Crippen molar-refractivity contribution >= 4 is 26.7 Å². The molecule has 3 nitrogen and oxygen atoms in total. The monoisotopic (exact) mass is 262 g/mol. The van der Waals surface area contributed by atoms with Gasteiger partial charge in [-0.15, -0.1) is 0 Å². The number of anilines is 1. The molecule has 0 amide bonds. The highest BCUT2D eigenvalue weighted by Crippen LogP contribution is 2.30. The molecule has 2 N–H and O–H groups in total. The number of rotatable bonds is 3. The zero-order chi connectivity index (χ0) is 12.4. The average molecular weight is 262 g/mol. The molecule has 1 heterocycles. The molecule has 3 rings (SSSR count). The van der Waals surface area contributed by atoms with Crippen molar-refractivity contribution in [1.82, 2.24) is 4.98 Å². The number of para-hydroxylation sites is 1. The summed E-state index contributed by atoms with van der Waals surface area (Å²) in [6.07, 6.45) is 4.75. The molecule has 0 unspecified atom stereocenters. The first-order valence-electron chi connectivity index (χ1n) is 6.60. The number of thiazole rings is 1. The molecule has 4 heteroatoms. The predicted molar refractivity (Wildman–Crippen MR) is 76.1 cm³/mol. The highest BCUT2D eigenvalue weighted by molar-refractivity contribution is 7.22. The van der Waals surface area contributed by atoms with Crippen LogP contribution >= 0.6 is 11.3 Å². The molecule has 1 aliphatic carbocycles. The van der Waals surface area contributed by atoms with Gasteiger partial charge in [0.25, 0.3) is 0 Å². The summed E-state index contributed by atoms with van der Waals surface area (Å²) in [4.78, 5) is 4.60. The molecular weight excluding hydrogens is 244 g/mol. The van der Waals surface area contributed by atoms with Crippen LogP contribution in [0, 0.1) is 5.92 Å². The standard InChI is InChI=1S/C14H18N2OS/c17-9-10-5-1-2-6-11(10)15-14-16-12-7-3-4-8-13(12)18-14/h3-4,7-8,10-11,17H,1-2,5-6,9H2,(H,15,16)/t10-,11-/m1/s1. The first kappa shape index (κ1) is 11.9. The van der Waals surface area contributed by atoms with Gasteiger partial charge in [-0.05, 0) is 25.0 Å². The van der Waals surface area contributed by atoms with Crippen molar-refractivity contribution in [3.63, 3.8) is 0 Å². The summed E-state index contributed by atoms with van der Waals surface area (Å²) in [5.41, 5.74) is 1.06. The molecule has 1 aromatic heterocycles. The predicted octanol–water partition coefficient (Wildman–Crippen LogP) is 3.26. The van der Waals surface area contributed by atoms with Crippen LogP contribution < -0.4 is 5.32 Å². The molecule has 1 aliphatic rings. The smallest absolute Gasteiger partial charge is 0.184 e. The quantitative estimate of drug-likeness (QED) is 0.892. The average Bonchev–Trinajstić information content (AvgIpc) is 2.81. The van der Waals surface area contributed by atoms with E-state index in [1.54, 1.807) is 11.3 Å². The van der Waals surface area contributed by atoms with Crippen LogP contribution in [0.15, 0.2) is 24.3 Å². The number of aromatic nitrogens is 1. The van der Waals surface area contributed by atoms with Crippen molar-refractivity contribution in [3.8, 4) is 0 Å². The number of hydrogen-bond donors (Lipinski definition) is 2. The van der Waals surface area contributed by atoms with Crippen molar-refractivity contribution in [2.75, 3.05) is 11.9 Å². The van der Waals surface area contributed by atoms with E-state index in [1.807, 2.05) is 18.2 Å². The summed E-state index contributed by atoms with van der Waals surface area (Å²) in [6.45, 7) is 0.280. The van der Waals surface area contributed by atoms with E-state index in [4.69, 9.17) is 0 Å². The molecule has 0 aliphatic heterocycles. The van der Waals surface area contributed by atoms with Gasteiger partial charge in [0.2, 0.25) is 0 Å². The van der Waals surface area contributed by atoms with Gasteiger partial charge in [0.1, 0.15) is 0 Å². The largest absolute Gasteiger partial charge is 0.396 e. The third kappa shape index (κ3) is 2.35. The molecule has 96 valence electrons. The zero-order valence-corrected chi connectivity index (χ0v) is 11.1. The lowest BCUT2D eigenvalue weighted by Crippen LogP contribution is -2.34. The Hall–Kier alpha value is -1.13. The second-order valence-corrected chi connectivity index (χ2v) is 6.00. The highest BCUT2D eigenvalue weighted by Gasteiger charge is 2.25. The Morgan fingerprint density at radius 3 is 2.94 bits per heavy atom. The van der Waals surface area contributed by atoms with Crippen LogP contribution in [0.3, 0.4) is 0 Å². The Balaban J connectivity index is 1.78. The Morgan fingerprint density at radius 2 is 2.11 bits per heavy atom. The summed E-state index contributed by atoms with van der Waals surface area (Å²) in [7, 11) is 0. The van der Waals surface area contributed by atoms with Crippen molar-refractivity contribution in [1.29, 1.82) is 0 Å².